The Morgan fingerprint density at radius 1 is 0.884 bits per heavy atom. The molecule has 1 aliphatic carbocycles. The van der Waals surface area contributed by atoms with Gasteiger partial charge in [-0.1, -0.05) is 0 Å². The molecule has 13 N–H and O–H groups in total. The van der Waals surface area contributed by atoms with Gasteiger partial charge in [0, 0.05) is 0 Å². The Bertz CT molecular complexity index is 1460. The molecule has 1 aliphatic heterocycles. The molecule has 2 fully saturated rings. The fourth-order valence-corrected chi connectivity index (χ4v) is 7.94. The highest BCUT2D eigenvalue weighted by Crippen LogP contribution is 2.69. The van der Waals surface area contributed by atoms with Crippen molar-refractivity contribution in [3.05, 3.63) is 12.7 Å². The van der Waals surface area contributed by atoms with Gasteiger partial charge in [0.2, 0.25) is 5.79 Å². The molecular weight excluding hydrogens is 659 g/mol. The van der Waals surface area contributed by atoms with Crippen molar-refractivity contribution in [3.8, 4) is 0 Å². The molecule has 27 heteroatoms. The number of anilines is 1. The largest absolute Gasteiger partial charge is 0.490 e. The predicted octanol–water partition coefficient (Wildman–Crippen LogP) is -5.10. The van der Waals surface area contributed by atoms with E-state index in [-0.39, 0.29) is 17.0 Å². The van der Waals surface area contributed by atoms with Crippen molar-refractivity contribution in [1.82, 2.24) is 19.5 Å². The number of rotatable bonds is 10. The van der Waals surface area contributed by atoms with Crippen molar-refractivity contribution in [3.63, 3.8) is 0 Å². The van der Waals surface area contributed by atoms with E-state index in [0.717, 1.165) is 17.2 Å². The summed E-state index contributed by atoms with van der Waals surface area (Å²) in [5, 5.41) is 81.7. The van der Waals surface area contributed by atoms with E-state index in [9.17, 15) is 59.4 Å². The molecule has 0 spiro atoms. The third kappa shape index (κ3) is 6.83. The van der Waals surface area contributed by atoms with Gasteiger partial charge in [-0.2, -0.15) is 8.62 Å². The first-order valence-corrected chi connectivity index (χ1v) is 16.0. The lowest BCUT2D eigenvalue weighted by Crippen LogP contribution is -2.71. The maximum atomic E-state index is 13.5. The molecule has 2 aliphatic rings. The summed E-state index contributed by atoms with van der Waals surface area (Å²) in [5.74, 6) is -3.90. The molecule has 0 aromatic carbocycles. The molecule has 4 unspecified atom stereocenters. The van der Waals surface area contributed by atoms with E-state index < -0.39 is 90.9 Å². The van der Waals surface area contributed by atoms with Gasteiger partial charge < -0.3 is 66.0 Å². The van der Waals surface area contributed by atoms with Crippen molar-refractivity contribution in [1.29, 1.82) is 0 Å². The highest BCUT2D eigenvalue weighted by atomic mass is 31.3. The van der Waals surface area contributed by atoms with Crippen molar-refractivity contribution >= 4 is 40.4 Å². The van der Waals surface area contributed by atoms with Gasteiger partial charge in [0.15, 0.2) is 17.7 Å². The topological polar surface area (TPSA) is 390 Å². The van der Waals surface area contributed by atoms with Crippen LogP contribution in [0, 0.1) is 0 Å². The quantitative estimate of drug-likeness (QED) is 0.0821. The summed E-state index contributed by atoms with van der Waals surface area (Å²) in [7, 11) is -18.2. The SMILES string of the molecule is Nc1ncnc2c1ncn2[C@@H]1O[C@H](COP(=O)(OC2(O)[C@H](O)[C@H](O)C(O)[C@H](O)[C@H]2O)OP(=O)(O)OP(=O)(O)O)[C@@H](O)[C@H]1O. The van der Waals surface area contributed by atoms with Crippen LogP contribution in [0.3, 0.4) is 0 Å². The zero-order valence-corrected chi connectivity index (χ0v) is 23.6. The number of fused-ring (bicyclic) bond motifs is 1. The van der Waals surface area contributed by atoms with Crippen LogP contribution in [-0.2, 0) is 36.1 Å². The lowest BCUT2D eigenvalue weighted by molar-refractivity contribution is -0.336. The number of ether oxygens (including phenoxy) is 1. The van der Waals surface area contributed by atoms with Crippen LogP contribution in [0.15, 0.2) is 12.7 Å². The van der Waals surface area contributed by atoms with Crippen LogP contribution in [0.2, 0.25) is 0 Å². The van der Waals surface area contributed by atoms with Gasteiger partial charge >= 0.3 is 23.5 Å². The molecule has 1 saturated carbocycles. The Kier molecular flexibility index (Phi) is 9.54. The number of nitrogen functional groups attached to an aromatic ring is 1. The van der Waals surface area contributed by atoms with Crippen LogP contribution >= 0.6 is 23.5 Å². The van der Waals surface area contributed by atoms with Crippen molar-refractivity contribution < 1.29 is 91.6 Å². The van der Waals surface area contributed by atoms with Gasteiger partial charge in [-0.05, 0) is 0 Å². The number of imidazole rings is 1. The van der Waals surface area contributed by atoms with Gasteiger partial charge in [0.1, 0.15) is 60.7 Å². The average molecular weight is 685 g/mol. The third-order valence-electron chi connectivity index (χ3n) is 6.26. The molecule has 24 nitrogen and oxygen atoms in total. The second-order valence-electron chi connectivity index (χ2n) is 9.20. The number of phosphoric acid groups is 3. The van der Waals surface area contributed by atoms with Crippen molar-refractivity contribution in [2.45, 2.75) is 60.8 Å². The maximum Gasteiger partial charge on any atom is 0.490 e. The molecular formula is C16H26N5O19P3. The summed E-state index contributed by atoms with van der Waals surface area (Å²) in [4.78, 5) is 39.1. The molecule has 244 valence electrons. The number of nitrogens with two attached hydrogens (primary N) is 1. The molecule has 4 rings (SSSR count). The van der Waals surface area contributed by atoms with E-state index in [1.54, 1.807) is 0 Å². The summed E-state index contributed by atoms with van der Waals surface area (Å²) in [6.07, 6.45) is -17.9. The van der Waals surface area contributed by atoms with Crippen LogP contribution in [0.4, 0.5) is 5.82 Å². The van der Waals surface area contributed by atoms with Crippen LogP contribution in [-0.4, -0.2) is 136 Å². The molecule has 0 radical (unpaired) electrons. The van der Waals surface area contributed by atoms with Gasteiger partial charge in [-0.25, -0.2) is 33.2 Å². The number of aliphatic hydroxyl groups is 8. The van der Waals surface area contributed by atoms with E-state index in [1.165, 1.54) is 0 Å². The first kappa shape index (κ1) is 34.3. The second-order valence-corrected chi connectivity index (χ2v) is 13.8. The third-order valence-corrected chi connectivity index (χ3v) is 10.5. The van der Waals surface area contributed by atoms with Crippen LogP contribution in [0.25, 0.3) is 11.2 Å². The Balaban J connectivity index is 1.61. The molecule has 2 aromatic rings. The molecule has 3 heterocycles. The zero-order chi connectivity index (χ0) is 32.3. The normalized spacial score (nSPS) is 38.2. The minimum atomic E-state index is -6.20. The van der Waals surface area contributed by atoms with Gasteiger partial charge in [0.25, 0.3) is 0 Å². The first-order valence-electron chi connectivity index (χ1n) is 11.5. The Morgan fingerprint density at radius 2 is 1.49 bits per heavy atom. The number of nitrogens with zero attached hydrogens (tertiary/aromatic N) is 4. The van der Waals surface area contributed by atoms with Crippen LogP contribution in [0.1, 0.15) is 6.23 Å². The summed E-state index contributed by atoms with van der Waals surface area (Å²) >= 11 is 0. The Labute approximate surface area is 237 Å². The van der Waals surface area contributed by atoms with Crippen LogP contribution < -0.4 is 5.73 Å². The maximum absolute atomic E-state index is 13.5. The predicted molar refractivity (Wildman–Crippen MR) is 129 cm³/mol. The van der Waals surface area contributed by atoms with E-state index in [4.69, 9.17) is 24.8 Å². The summed E-state index contributed by atoms with van der Waals surface area (Å²) in [6.45, 7) is -1.28. The van der Waals surface area contributed by atoms with Gasteiger partial charge in [-0.3, -0.25) is 9.09 Å². The fourth-order valence-electron chi connectivity index (χ4n) is 4.19. The highest BCUT2D eigenvalue weighted by molar-refractivity contribution is 7.66. The molecule has 0 bridgehead atoms. The number of aromatic nitrogens is 4. The van der Waals surface area contributed by atoms with E-state index in [1.807, 2.05) is 0 Å². The van der Waals surface area contributed by atoms with E-state index in [2.05, 4.69) is 28.1 Å². The lowest BCUT2D eigenvalue weighted by Gasteiger charge is -2.47. The molecule has 43 heavy (non-hydrogen) atoms. The average Bonchev–Trinajstić information content (AvgIpc) is 3.44. The standard InChI is InChI=1S/C16H26N5O19P3/c17-13-5-14(19-2-18-13)21(3-20-5)15-10(26)6(22)4(37-15)1-36-43(35,40-42(33,34)39-41(30,31)32)38-16(29)11(27)8(24)7(23)9(25)12(16)28/h2-4,6-12,15,22-29H,1H2,(H,33,34)(H2,17,18,19)(H2,30,31,32)/t4-,6-,7?,8-,9+,10-,11-,12-,15-,16?,43?/m1/s1. The highest BCUT2D eigenvalue weighted by Gasteiger charge is 2.63. The molecule has 12 atom stereocenters. The zero-order valence-electron chi connectivity index (χ0n) is 21.0. The van der Waals surface area contributed by atoms with Crippen molar-refractivity contribution in [2.24, 2.45) is 0 Å². The number of hydrogen-bond acceptors (Lipinski definition) is 20. The fraction of sp³-hybridized carbons (Fsp3) is 0.688. The van der Waals surface area contributed by atoms with E-state index in [0.29, 0.717) is 0 Å². The Morgan fingerprint density at radius 3 is 2.07 bits per heavy atom. The lowest BCUT2D eigenvalue weighted by atomic mass is 9.82. The minimum Gasteiger partial charge on any atom is -0.387 e. The van der Waals surface area contributed by atoms with Gasteiger partial charge in [-0.15, -0.1) is 0 Å². The second kappa shape index (κ2) is 12.0. The van der Waals surface area contributed by atoms with Gasteiger partial charge in [0.05, 0.1) is 12.9 Å². The first-order chi connectivity index (χ1) is 19.7. The minimum absolute atomic E-state index is 0.0280. The number of phosphoric ester groups is 1. The Hall–Kier alpha value is -1.60. The van der Waals surface area contributed by atoms with Crippen LogP contribution in [0.5, 0.6) is 0 Å². The number of aliphatic hydroxyl groups excluding tert-OH is 7. The smallest absolute Gasteiger partial charge is 0.387 e. The number of hydrogen-bond donors (Lipinski definition) is 12. The van der Waals surface area contributed by atoms with Crippen molar-refractivity contribution in [2.75, 3.05) is 12.3 Å². The molecule has 1 saturated heterocycles. The molecule has 0 amide bonds. The molecule has 2 aromatic heterocycles. The summed E-state index contributed by atoms with van der Waals surface area (Å²) in [6, 6.07) is 0. The van der Waals surface area contributed by atoms with E-state index >= 15 is 0 Å². The summed E-state index contributed by atoms with van der Waals surface area (Å²) < 4.78 is 60.3. The monoisotopic (exact) mass is 685 g/mol. The summed E-state index contributed by atoms with van der Waals surface area (Å²) in [5.41, 5.74) is 5.82.